The number of rotatable bonds is 6. The van der Waals surface area contributed by atoms with Crippen LogP contribution in [0.25, 0.3) is 0 Å². The molecule has 0 spiro atoms. The third-order valence-corrected chi connectivity index (χ3v) is 4.92. The van der Waals surface area contributed by atoms with Crippen molar-refractivity contribution in [1.82, 2.24) is 10.2 Å². The predicted octanol–water partition coefficient (Wildman–Crippen LogP) is 4.21. The molecule has 1 amide bonds. The van der Waals surface area contributed by atoms with Gasteiger partial charge < -0.3 is 4.74 Å². The van der Waals surface area contributed by atoms with Gasteiger partial charge in [0, 0.05) is 9.72 Å². The third-order valence-electron chi connectivity index (χ3n) is 2.47. The van der Waals surface area contributed by atoms with Crippen LogP contribution in [0.3, 0.4) is 0 Å². The summed E-state index contributed by atoms with van der Waals surface area (Å²) in [5, 5.41) is 11.6. The molecule has 0 unspecified atom stereocenters. The molecule has 2 aromatic rings. The number of carbonyl (C=O) groups excluding carboxylic acids is 1. The lowest BCUT2D eigenvalue weighted by molar-refractivity contribution is -0.122. The minimum absolute atomic E-state index is 0.250. The first kappa shape index (κ1) is 17.2. The van der Waals surface area contributed by atoms with Gasteiger partial charge in [-0.25, -0.2) is 0 Å². The first-order valence-corrected chi connectivity index (χ1v) is 9.16. The summed E-state index contributed by atoms with van der Waals surface area (Å²) in [7, 11) is 0. The van der Waals surface area contributed by atoms with Crippen LogP contribution in [0.4, 0.5) is 5.13 Å². The van der Waals surface area contributed by atoms with Crippen LogP contribution in [0.1, 0.15) is 20.8 Å². The Morgan fingerprint density at radius 3 is 2.59 bits per heavy atom. The molecule has 0 aliphatic rings. The number of benzene rings is 1. The molecule has 2 rings (SSSR count). The van der Waals surface area contributed by atoms with E-state index in [-0.39, 0.29) is 5.91 Å². The zero-order chi connectivity index (χ0) is 16.1. The highest BCUT2D eigenvalue weighted by Crippen LogP contribution is 2.28. The van der Waals surface area contributed by atoms with Crippen molar-refractivity contribution >= 4 is 50.1 Å². The van der Waals surface area contributed by atoms with Crippen LogP contribution < -0.4 is 10.1 Å². The summed E-state index contributed by atoms with van der Waals surface area (Å²) < 4.78 is 7.39. The van der Waals surface area contributed by atoms with Crippen molar-refractivity contribution in [1.29, 1.82) is 0 Å². The van der Waals surface area contributed by atoms with Gasteiger partial charge >= 0.3 is 0 Å². The maximum absolute atomic E-state index is 12.1. The summed E-state index contributed by atoms with van der Waals surface area (Å²) in [6, 6.07) is 7.33. The summed E-state index contributed by atoms with van der Waals surface area (Å²) in [6.07, 6.45) is -0.619. The Morgan fingerprint density at radius 1 is 1.27 bits per heavy atom. The van der Waals surface area contributed by atoms with Gasteiger partial charge in [-0.15, -0.1) is 10.2 Å². The van der Waals surface area contributed by atoms with Gasteiger partial charge in [-0.2, -0.15) is 0 Å². The maximum Gasteiger partial charge on any atom is 0.266 e. The van der Waals surface area contributed by atoms with Crippen molar-refractivity contribution < 1.29 is 9.53 Å². The fourth-order valence-electron chi connectivity index (χ4n) is 1.49. The molecule has 0 radical (unpaired) electrons. The van der Waals surface area contributed by atoms with Gasteiger partial charge in [-0.3, -0.25) is 10.1 Å². The van der Waals surface area contributed by atoms with Gasteiger partial charge in [0.05, 0.1) is 0 Å². The Balaban J connectivity index is 1.90. The quantitative estimate of drug-likeness (QED) is 0.579. The van der Waals surface area contributed by atoms with Crippen LogP contribution in [0.15, 0.2) is 33.1 Å². The van der Waals surface area contributed by atoms with Gasteiger partial charge in [-0.05, 0) is 31.2 Å². The topological polar surface area (TPSA) is 64.1 Å². The molecule has 1 heterocycles. The molecule has 1 aromatic heterocycles. The maximum atomic E-state index is 12.1. The van der Waals surface area contributed by atoms with Gasteiger partial charge in [0.1, 0.15) is 5.75 Å². The molecule has 0 saturated carbocycles. The second kappa shape index (κ2) is 7.94. The Morgan fingerprint density at radius 2 is 1.95 bits per heavy atom. The van der Waals surface area contributed by atoms with Crippen LogP contribution in [0, 0.1) is 0 Å². The lowest BCUT2D eigenvalue weighted by atomic mass is 10.3. The molecule has 0 aliphatic carbocycles. The van der Waals surface area contributed by atoms with Crippen LogP contribution >= 0.6 is 39.0 Å². The molecule has 118 valence electrons. The van der Waals surface area contributed by atoms with Gasteiger partial charge in [0.15, 0.2) is 10.4 Å². The highest BCUT2D eigenvalue weighted by Gasteiger charge is 2.17. The lowest BCUT2D eigenvalue weighted by Gasteiger charge is -2.13. The molecule has 5 nitrogen and oxygen atoms in total. The van der Waals surface area contributed by atoms with Gasteiger partial charge in [0.25, 0.3) is 5.91 Å². The summed E-state index contributed by atoms with van der Waals surface area (Å²) in [4.78, 5) is 12.1. The average Bonchev–Trinajstić information content (AvgIpc) is 2.87. The van der Waals surface area contributed by atoms with E-state index in [0.717, 1.165) is 8.81 Å². The first-order chi connectivity index (χ1) is 10.4. The molecule has 8 heteroatoms. The molecule has 0 bridgehead atoms. The van der Waals surface area contributed by atoms with Crippen LogP contribution in [0.2, 0.25) is 0 Å². The van der Waals surface area contributed by atoms with Crippen LogP contribution in [-0.2, 0) is 4.79 Å². The van der Waals surface area contributed by atoms with Gasteiger partial charge in [0.2, 0.25) is 5.13 Å². The van der Waals surface area contributed by atoms with E-state index in [2.05, 4.69) is 45.3 Å². The van der Waals surface area contributed by atoms with Crippen molar-refractivity contribution in [3.8, 4) is 5.75 Å². The SMILES string of the molecule is CC(C)Sc1nnc(NC(=O)[C@H](C)Oc2ccc(Br)cc2)s1. The number of halogens is 1. The predicted molar refractivity (Wildman–Crippen MR) is 93.8 cm³/mol. The number of carbonyl (C=O) groups is 1. The minimum Gasteiger partial charge on any atom is -0.481 e. The molecular weight excluding hydrogens is 386 g/mol. The highest BCUT2D eigenvalue weighted by atomic mass is 79.9. The Hall–Kier alpha value is -1.12. The second-order valence-electron chi connectivity index (χ2n) is 4.74. The van der Waals surface area contributed by atoms with Crippen molar-refractivity contribution in [2.75, 3.05) is 5.32 Å². The molecule has 0 fully saturated rings. The van der Waals surface area contributed by atoms with E-state index < -0.39 is 6.10 Å². The molecule has 1 N–H and O–H groups in total. The fourth-order valence-corrected chi connectivity index (χ4v) is 3.73. The van der Waals surface area contributed by atoms with E-state index in [0.29, 0.717) is 16.1 Å². The number of anilines is 1. The summed E-state index contributed by atoms with van der Waals surface area (Å²) in [5.41, 5.74) is 0. The van der Waals surface area contributed by atoms with Crippen molar-refractivity contribution in [3.63, 3.8) is 0 Å². The molecule has 1 aromatic carbocycles. The average molecular weight is 402 g/mol. The normalized spacial score (nSPS) is 12.2. The second-order valence-corrected chi connectivity index (χ2v) is 8.46. The highest BCUT2D eigenvalue weighted by molar-refractivity contribution is 9.10. The number of aromatic nitrogens is 2. The van der Waals surface area contributed by atoms with Crippen LogP contribution in [0.5, 0.6) is 5.75 Å². The minimum atomic E-state index is -0.619. The number of amides is 1. The van der Waals surface area contributed by atoms with E-state index in [1.807, 2.05) is 12.1 Å². The van der Waals surface area contributed by atoms with E-state index in [1.54, 1.807) is 30.8 Å². The zero-order valence-electron chi connectivity index (χ0n) is 12.4. The third kappa shape index (κ3) is 5.26. The van der Waals surface area contributed by atoms with E-state index >= 15 is 0 Å². The molecule has 22 heavy (non-hydrogen) atoms. The first-order valence-electron chi connectivity index (χ1n) is 6.67. The summed E-state index contributed by atoms with van der Waals surface area (Å²) in [5.74, 6) is 0.388. The number of nitrogens with one attached hydrogen (secondary N) is 1. The van der Waals surface area contributed by atoms with Crippen molar-refractivity contribution in [3.05, 3.63) is 28.7 Å². The smallest absolute Gasteiger partial charge is 0.266 e. The largest absolute Gasteiger partial charge is 0.481 e. The molecule has 0 aliphatic heterocycles. The van der Waals surface area contributed by atoms with E-state index in [9.17, 15) is 4.79 Å². The van der Waals surface area contributed by atoms with Crippen molar-refractivity contribution in [2.24, 2.45) is 0 Å². The fraction of sp³-hybridized carbons (Fsp3) is 0.357. The summed E-state index contributed by atoms with van der Waals surface area (Å²) in [6.45, 7) is 5.86. The Bertz CT molecular complexity index is 631. The number of hydrogen-bond acceptors (Lipinski definition) is 6. The summed E-state index contributed by atoms with van der Waals surface area (Å²) >= 11 is 6.33. The monoisotopic (exact) mass is 401 g/mol. The van der Waals surface area contributed by atoms with Gasteiger partial charge in [-0.1, -0.05) is 52.9 Å². The van der Waals surface area contributed by atoms with Crippen LogP contribution in [-0.4, -0.2) is 27.5 Å². The van der Waals surface area contributed by atoms with Crippen molar-refractivity contribution in [2.45, 2.75) is 36.5 Å². The lowest BCUT2D eigenvalue weighted by Crippen LogP contribution is -2.30. The van der Waals surface area contributed by atoms with E-state index in [4.69, 9.17) is 4.74 Å². The molecular formula is C14H16BrN3O2S2. The Labute approximate surface area is 146 Å². The number of thioether (sulfide) groups is 1. The number of hydrogen-bond donors (Lipinski definition) is 1. The zero-order valence-corrected chi connectivity index (χ0v) is 15.6. The molecule has 1 atom stereocenters. The van der Waals surface area contributed by atoms with E-state index in [1.165, 1.54) is 11.3 Å². The number of ether oxygens (including phenoxy) is 1. The molecule has 0 saturated heterocycles. The standard InChI is InChI=1S/C14H16BrN3O2S2/c1-8(2)21-14-18-17-13(22-14)16-12(19)9(3)20-11-6-4-10(15)5-7-11/h4-9H,1-3H3,(H,16,17,19)/t9-/m0/s1. The Kier molecular flexibility index (Phi) is 6.22. The number of nitrogens with zero attached hydrogens (tertiary/aromatic N) is 2.